The lowest BCUT2D eigenvalue weighted by atomic mass is 10.1. The first-order valence-electron chi connectivity index (χ1n) is 7.86. The van der Waals surface area contributed by atoms with Gasteiger partial charge in [0.2, 0.25) is 0 Å². The van der Waals surface area contributed by atoms with Crippen molar-refractivity contribution in [2.24, 2.45) is 0 Å². The molecule has 3 aromatic rings. The van der Waals surface area contributed by atoms with E-state index in [1.807, 2.05) is 50.2 Å². The molecule has 3 aromatic carbocycles. The lowest BCUT2D eigenvalue weighted by Gasteiger charge is -2.11. The van der Waals surface area contributed by atoms with Gasteiger partial charge in [-0.1, -0.05) is 24.3 Å². The molecule has 0 spiro atoms. The van der Waals surface area contributed by atoms with Crippen molar-refractivity contribution in [1.29, 1.82) is 0 Å². The summed E-state index contributed by atoms with van der Waals surface area (Å²) in [6.07, 6.45) is 0. The highest BCUT2D eigenvalue weighted by molar-refractivity contribution is 7.92. The molecule has 0 amide bonds. The van der Waals surface area contributed by atoms with Crippen LogP contribution in [0.4, 0.5) is 5.69 Å². The fourth-order valence-electron chi connectivity index (χ4n) is 2.56. The number of sulfonamides is 1. The molecular weight excluding hydrogens is 334 g/mol. The minimum Gasteiger partial charge on any atom is -0.457 e. The van der Waals surface area contributed by atoms with Gasteiger partial charge in [-0.2, -0.15) is 0 Å². The van der Waals surface area contributed by atoms with Gasteiger partial charge in [0.15, 0.2) is 0 Å². The maximum Gasteiger partial charge on any atom is 0.261 e. The second kappa shape index (κ2) is 6.99. The molecule has 0 aromatic heterocycles. The average Bonchev–Trinajstić information content (AvgIpc) is 2.55. The number of benzene rings is 3. The highest BCUT2D eigenvalue weighted by atomic mass is 32.2. The number of para-hydroxylation sites is 1. The zero-order valence-corrected chi connectivity index (χ0v) is 14.9. The molecule has 0 aliphatic heterocycles. The summed E-state index contributed by atoms with van der Waals surface area (Å²) in [7, 11) is -3.64. The molecule has 4 nitrogen and oxygen atoms in total. The van der Waals surface area contributed by atoms with Crippen LogP contribution in [0.15, 0.2) is 77.7 Å². The Morgan fingerprint density at radius 1 is 0.760 bits per heavy atom. The largest absolute Gasteiger partial charge is 0.457 e. The lowest BCUT2D eigenvalue weighted by Crippen LogP contribution is -2.13. The zero-order chi connectivity index (χ0) is 17.9. The summed E-state index contributed by atoms with van der Waals surface area (Å²) in [6.45, 7) is 3.86. The molecule has 0 saturated carbocycles. The van der Waals surface area contributed by atoms with Crippen LogP contribution in [0.1, 0.15) is 11.1 Å². The maximum atomic E-state index is 12.5. The molecule has 0 bridgehead atoms. The molecule has 0 unspecified atom stereocenters. The normalized spacial score (nSPS) is 11.1. The maximum absolute atomic E-state index is 12.5. The van der Waals surface area contributed by atoms with Crippen LogP contribution in [0.2, 0.25) is 0 Å². The third-order valence-electron chi connectivity index (χ3n) is 3.59. The van der Waals surface area contributed by atoms with Gasteiger partial charge < -0.3 is 4.74 Å². The third-order valence-corrected chi connectivity index (χ3v) is 4.98. The molecule has 3 rings (SSSR count). The van der Waals surface area contributed by atoms with Crippen LogP contribution in [-0.2, 0) is 10.0 Å². The van der Waals surface area contributed by atoms with Crippen LogP contribution in [0, 0.1) is 13.8 Å². The van der Waals surface area contributed by atoms with Gasteiger partial charge in [0.05, 0.1) is 4.90 Å². The van der Waals surface area contributed by atoms with Crippen molar-refractivity contribution >= 4 is 15.7 Å². The zero-order valence-electron chi connectivity index (χ0n) is 14.1. The predicted octanol–water partition coefficient (Wildman–Crippen LogP) is 4.90. The smallest absolute Gasteiger partial charge is 0.261 e. The Morgan fingerprint density at radius 3 is 1.92 bits per heavy atom. The monoisotopic (exact) mass is 353 g/mol. The Bertz CT molecular complexity index is 945. The van der Waals surface area contributed by atoms with Gasteiger partial charge in [0, 0.05) is 5.69 Å². The van der Waals surface area contributed by atoms with E-state index in [4.69, 9.17) is 4.74 Å². The molecule has 0 radical (unpaired) electrons. The standard InChI is InChI=1S/C20H19NO3S/c1-15-12-16(2)14-17(13-15)21-25(22,23)20-10-8-19(9-11-20)24-18-6-4-3-5-7-18/h3-14,21H,1-2H3. The number of aryl methyl sites for hydroxylation is 2. The van der Waals surface area contributed by atoms with Crippen LogP contribution in [0.25, 0.3) is 0 Å². The number of anilines is 1. The SMILES string of the molecule is Cc1cc(C)cc(NS(=O)(=O)c2ccc(Oc3ccccc3)cc2)c1. The molecule has 0 saturated heterocycles. The van der Waals surface area contributed by atoms with Crippen LogP contribution in [-0.4, -0.2) is 8.42 Å². The van der Waals surface area contributed by atoms with Gasteiger partial charge in [-0.25, -0.2) is 8.42 Å². The Morgan fingerprint density at radius 2 is 1.32 bits per heavy atom. The second-order valence-corrected chi connectivity index (χ2v) is 7.55. The second-order valence-electron chi connectivity index (χ2n) is 5.87. The Kier molecular flexibility index (Phi) is 4.76. The molecule has 0 aliphatic rings. The number of rotatable bonds is 5. The van der Waals surface area contributed by atoms with Gasteiger partial charge in [-0.3, -0.25) is 4.72 Å². The van der Waals surface area contributed by atoms with E-state index in [1.54, 1.807) is 24.3 Å². The summed E-state index contributed by atoms with van der Waals surface area (Å²) >= 11 is 0. The van der Waals surface area contributed by atoms with Gasteiger partial charge in [-0.05, 0) is 73.5 Å². The van der Waals surface area contributed by atoms with Gasteiger partial charge >= 0.3 is 0 Å². The average molecular weight is 353 g/mol. The minimum absolute atomic E-state index is 0.187. The van der Waals surface area contributed by atoms with E-state index in [-0.39, 0.29) is 4.90 Å². The molecule has 0 fully saturated rings. The minimum atomic E-state index is -3.64. The number of nitrogens with one attached hydrogen (secondary N) is 1. The summed E-state index contributed by atoms with van der Waals surface area (Å²) in [5.74, 6) is 1.28. The van der Waals surface area contributed by atoms with Crippen molar-refractivity contribution in [2.45, 2.75) is 18.7 Å². The van der Waals surface area contributed by atoms with Crippen molar-refractivity contribution in [2.75, 3.05) is 4.72 Å². The topological polar surface area (TPSA) is 55.4 Å². The third kappa shape index (κ3) is 4.39. The van der Waals surface area contributed by atoms with Crippen molar-refractivity contribution in [3.63, 3.8) is 0 Å². The van der Waals surface area contributed by atoms with Crippen molar-refractivity contribution in [3.05, 3.63) is 83.9 Å². The molecule has 128 valence electrons. The van der Waals surface area contributed by atoms with Crippen LogP contribution in [0.5, 0.6) is 11.5 Å². The molecule has 25 heavy (non-hydrogen) atoms. The molecule has 0 aliphatic carbocycles. The van der Waals surface area contributed by atoms with Crippen molar-refractivity contribution in [3.8, 4) is 11.5 Å². The van der Waals surface area contributed by atoms with E-state index in [2.05, 4.69) is 4.72 Å². The molecular formula is C20H19NO3S. The number of ether oxygens (including phenoxy) is 1. The Balaban J connectivity index is 1.78. The summed E-state index contributed by atoms with van der Waals surface area (Å²) in [6, 6.07) is 21.3. The first-order valence-corrected chi connectivity index (χ1v) is 9.35. The quantitative estimate of drug-likeness (QED) is 0.710. The van der Waals surface area contributed by atoms with E-state index in [0.29, 0.717) is 17.2 Å². The highest BCUT2D eigenvalue weighted by Gasteiger charge is 2.14. The highest BCUT2D eigenvalue weighted by Crippen LogP contribution is 2.24. The number of hydrogen-bond acceptors (Lipinski definition) is 3. The van der Waals surface area contributed by atoms with Crippen LogP contribution >= 0.6 is 0 Å². The summed E-state index contributed by atoms with van der Waals surface area (Å²) in [5, 5.41) is 0. The molecule has 5 heteroatoms. The van der Waals surface area contributed by atoms with Gasteiger partial charge in [0.25, 0.3) is 10.0 Å². The van der Waals surface area contributed by atoms with Crippen molar-refractivity contribution < 1.29 is 13.2 Å². The molecule has 0 atom stereocenters. The number of hydrogen-bond donors (Lipinski definition) is 1. The Labute approximate surface area is 148 Å². The van der Waals surface area contributed by atoms with E-state index in [0.717, 1.165) is 11.1 Å². The molecule has 0 heterocycles. The predicted molar refractivity (Wildman–Crippen MR) is 99.7 cm³/mol. The van der Waals surface area contributed by atoms with E-state index in [1.165, 1.54) is 12.1 Å². The van der Waals surface area contributed by atoms with Gasteiger partial charge in [-0.15, -0.1) is 0 Å². The first kappa shape index (κ1) is 17.0. The Hall–Kier alpha value is -2.79. The fourth-order valence-corrected chi connectivity index (χ4v) is 3.60. The van der Waals surface area contributed by atoms with Crippen molar-refractivity contribution in [1.82, 2.24) is 0 Å². The summed E-state index contributed by atoms with van der Waals surface area (Å²) in [4.78, 5) is 0.187. The van der Waals surface area contributed by atoms with E-state index >= 15 is 0 Å². The lowest BCUT2D eigenvalue weighted by molar-refractivity contribution is 0.482. The van der Waals surface area contributed by atoms with E-state index in [9.17, 15) is 8.42 Å². The summed E-state index contributed by atoms with van der Waals surface area (Å²) < 4.78 is 33.4. The van der Waals surface area contributed by atoms with Crippen LogP contribution < -0.4 is 9.46 Å². The van der Waals surface area contributed by atoms with E-state index < -0.39 is 10.0 Å². The van der Waals surface area contributed by atoms with Crippen LogP contribution in [0.3, 0.4) is 0 Å². The van der Waals surface area contributed by atoms with Gasteiger partial charge in [0.1, 0.15) is 11.5 Å². The molecule has 1 N–H and O–H groups in total. The summed E-state index contributed by atoms with van der Waals surface area (Å²) in [5.41, 5.74) is 2.57. The fraction of sp³-hybridized carbons (Fsp3) is 0.100. The first-order chi connectivity index (χ1) is 11.9.